The third kappa shape index (κ3) is 7.52. The number of nitrogens with zero attached hydrogens (tertiary/aromatic N) is 3. The maximum absolute atomic E-state index is 12.6. The molecule has 8 nitrogen and oxygen atoms in total. The van der Waals surface area contributed by atoms with Crippen LogP contribution < -0.4 is 9.64 Å². The van der Waals surface area contributed by atoms with Crippen molar-refractivity contribution in [3.8, 4) is 17.0 Å². The van der Waals surface area contributed by atoms with Gasteiger partial charge in [-0.2, -0.15) is 0 Å². The summed E-state index contributed by atoms with van der Waals surface area (Å²) in [5.74, 6) is -0.345. The van der Waals surface area contributed by atoms with Crippen molar-refractivity contribution in [3.63, 3.8) is 0 Å². The Morgan fingerprint density at radius 3 is 2.40 bits per heavy atom. The predicted octanol–water partition coefficient (Wildman–Crippen LogP) is 6.75. The van der Waals surface area contributed by atoms with Gasteiger partial charge in [-0.25, -0.2) is 4.79 Å². The Kier molecular flexibility index (Phi) is 9.72. The number of carbonyl (C=O) groups is 1. The number of carboxylic acids is 1. The summed E-state index contributed by atoms with van der Waals surface area (Å²) < 4.78 is 17.9. The van der Waals surface area contributed by atoms with E-state index in [0.717, 1.165) is 62.1 Å². The van der Waals surface area contributed by atoms with Crippen molar-refractivity contribution in [1.29, 1.82) is 0 Å². The van der Waals surface area contributed by atoms with E-state index in [1.54, 1.807) is 6.20 Å². The Hall–Kier alpha value is -2.71. The predicted molar refractivity (Wildman–Crippen MR) is 157 cm³/mol. The summed E-state index contributed by atoms with van der Waals surface area (Å²) in [4.78, 5) is 24.3. The van der Waals surface area contributed by atoms with E-state index in [4.69, 9.17) is 19.2 Å². The first-order valence-electron chi connectivity index (χ1n) is 14.9. The van der Waals surface area contributed by atoms with Gasteiger partial charge < -0.3 is 24.2 Å². The van der Waals surface area contributed by atoms with Gasteiger partial charge in [0.1, 0.15) is 12.4 Å². The van der Waals surface area contributed by atoms with Crippen molar-refractivity contribution in [3.05, 3.63) is 35.8 Å². The summed E-state index contributed by atoms with van der Waals surface area (Å²) in [6.07, 6.45) is 10.7. The molecule has 2 aromatic rings. The van der Waals surface area contributed by atoms with E-state index in [1.807, 2.05) is 46.0 Å². The molecule has 0 spiro atoms. The highest BCUT2D eigenvalue weighted by atomic mass is 16.5. The zero-order chi connectivity index (χ0) is 28.9. The first-order chi connectivity index (χ1) is 19.0. The van der Waals surface area contributed by atoms with Crippen LogP contribution in [0.1, 0.15) is 96.9 Å². The fourth-order valence-corrected chi connectivity index (χ4v) is 5.71. The number of aliphatic carboxylic acids is 1. The smallest absolute Gasteiger partial charge is 0.337 e. The van der Waals surface area contributed by atoms with Gasteiger partial charge in [-0.15, -0.1) is 0 Å². The third-order valence-corrected chi connectivity index (χ3v) is 8.41. The summed E-state index contributed by atoms with van der Waals surface area (Å²) in [5.41, 5.74) is 3.28. The Bertz CT molecular complexity index is 1130. The largest absolute Gasteiger partial charge is 0.490 e. The van der Waals surface area contributed by atoms with Crippen molar-refractivity contribution in [2.75, 3.05) is 31.2 Å². The van der Waals surface area contributed by atoms with Crippen LogP contribution in [0.25, 0.3) is 11.3 Å². The number of anilines is 1. The van der Waals surface area contributed by atoms with Crippen LogP contribution in [0, 0.1) is 12.3 Å². The Balaban J connectivity index is 1.64. The van der Waals surface area contributed by atoms with E-state index >= 15 is 0 Å². The fourth-order valence-electron chi connectivity index (χ4n) is 5.71. The van der Waals surface area contributed by atoms with Gasteiger partial charge in [-0.3, -0.25) is 9.97 Å². The third-order valence-electron chi connectivity index (χ3n) is 8.41. The van der Waals surface area contributed by atoms with Gasteiger partial charge in [0, 0.05) is 36.1 Å². The SMILES string of the molecule is CCC1(C)CCN(c2c(-c3ccc(OCCOC4CCCC4)cn3)cnc(C)c2[C@H](OC(C)(C)C)C(=O)O)CC1. The molecule has 0 unspecified atom stereocenters. The van der Waals surface area contributed by atoms with Crippen LogP contribution in [0.2, 0.25) is 0 Å². The quantitative estimate of drug-likeness (QED) is 0.306. The first kappa shape index (κ1) is 30.3. The van der Waals surface area contributed by atoms with Crippen molar-refractivity contribution in [1.82, 2.24) is 9.97 Å². The number of aryl methyl sites for hydroxylation is 1. The standard InChI is InChI=1S/C32H47N3O5/c1-7-32(6)14-16-35(17-15-32)28-25(21-33-22(2)27(28)29(30(36)37)40-31(3,4)5)26-13-12-24(20-34-26)39-19-18-38-23-10-8-9-11-23/h12-13,20-21,23,29H,7-11,14-19H2,1-6H3,(H,36,37)/t29-/m0/s1. The van der Waals surface area contributed by atoms with Crippen LogP contribution in [-0.2, 0) is 14.3 Å². The first-order valence-corrected chi connectivity index (χ1v) is 14.9. The van der Waals surface area contributed by atoms with Gasteiger partial charge in [0.2, 0.25) is 0 Å². The van der Waals surface area contributed by atoms with Crippen LogP contribution >= 0.6 is 0 Å². The molecule has 0 amide bonds. The lowest BCUT2D eigenvalue weighted by Crippen LogP contribution is -2.40. The van der Waals surface area contributed by atoms with E-state index in [2.05, 4.69) is 23.7 Å². The highest BCUT2D eigenvalue weighted by molar-refractivity contribution is 5.85. The summed E-state index contributed by atoms with van der Waals surface area (Å²) in [5, 5.41) is 10.3. The van der Waals surface area contributed by atoms with Crippen LogP contribution in [0.15, 0.2) is 24.5 Å². The molecule has 0 bridgehead atoms. The number of piperidine rings is 1. The number of carboxylic acid groups (broad SMARTS) is 1. The van der Waals surface area contributed by atoms with Crippen molar-refractivity contribution in [2.45, 2.75) is 104 Å². The summed E-state index contributed by atoms with van der Waals surface area (Å²) in [6.45, 7) is 14.8. The monoisotopic (exact) mass is 553 g/mol. The lowest BCUT2D eigenvalue weighted by atomic mass is 9.78. The van der Waals surface area contributed by atoms with Crippen LogP contribution in [0.3, 0.4) is 0 Å². The molecule has 40 heavy (non-hydrogen) atoms. The number of hydrogen-bond acceptors (Lipinski definition) is 7. The minimum atomic E-state index is -1.15. The molecule has 4 rings (SSSR count). The van der Waals surface area contributed by atoms with E-state index in [9.17, 15) is 9.90 Å². The molecule has 1 aliphatic carbocycles. The molecule has 1 saturated carbocycles. The zero-order valence-electron chi connectivity index (χ0n) is 25.2. The molecule has 1 atom stereocenters. The van der Waals surface area contributed by atoms with Crippen LogP contribution in [-0.4, -0.2) is 59.1 Å². The summed E-state index contributed by atoms with van der Waals surface area (Å²) in [7, 11) is 0. The van der Waals surface area contributed by atoms with Gasteiger partial charge >= 0.3 is 5.97 Å². The molecule has 1 N–H and O–H groups in total. The zero-order valence-corrected chi connectivity index (χ0v) is 25.2. The number of ether oxygens (including phenoxy) is 3. The number of pyridine rings is 2. The maximum atomic E-state index is 12.6. The van der Waals surface area contributed by atoms with Gasteiger partial charge in [0.25, 0.3) is 0 Å². The molecular weight excluding hydrogens is 506 g/mol. The molecule has 8 heteroatoms. The highest BCUT2D eigenvalue weighted by Crippen LogP contribution is 2.44. The molecule has 220 valence electrons. The Labute approximate surface area is 239 Å². The topological polar surface area (TPSA) is 94.0 Å². The van der Waals surface area contributed by atoms with Gasteiger partial charge in [-0.05, 0) is 70.9 Å². The molecule has 2 aliphatic rings. The maximum Gasteiger partial charge on any atom is 0.337 e. The molecule has 0 aromatic carbocycles. The van der Waals surface area contributed by atoms with E-state index in [-0.39, 0.29) is 5.41 Å². The second-order valence-corrected chi connectivity index (χ2v) is 12.6. The second kappa shape index (κ2) is 12.9. The van der Waals surface area contributed by atoms with E-state index in [1.165, 1.54) is 12.8 Å². The van der Waals surface area contributed by atoms with E-state index < -0.39 is 17.7 Å². The fraction of sp³-hybridized carbons (Fsp3) is 0.656. The van der Waals surface area contributed by atoms with Gasteiger partial charge in [0.15, 0.2) is 6.10 Å². The average molecular weight is 554 g/mol. The molecule has 0 radical (unpaired) electrons. The molecular formula is C32H47N3O5. The van der Waals surface area contributed by atoms with Crippen molar-refractivity contribution < 1.29 is 24.1 Å². The normalized spacial score (nSPS) is 18.6. The van der Waals surface area contributed by atoms with Crippen LogP contribution in [0.5, 0.6) is 5.75 Å². The minimum absolute atomic E-state index is 0.283. The molecule has 1 aliphatic heterocycles. The summed E-state index contributed by atoms with van der Waals surface area (Å²) >= 11 is 0. The molecule has 1 saturated heterocycles. The average Bonchev–Trinajstić information content (AvgIpc) is 3.44. The van der Waals surface area contributed by atoms with Gasteiger partial charge in [0.05, 0.1) is 35.9 Å². The van der Waals surface area contributed by atoms with Crippen molar-refractivity contribution in [2.24, 2.45) is 5.41 Å². The Morgan fingerprint density at radius 2 is 1.82 bits per heavy atom. The van der Waals surface area contributed by atoms with Crippen LogP contribution in [0.4, 0.5) is 5.69 Å². The summed E-state index contributed by atoms with van der Waals surface area (Å²) in [6, 6.07) is 3.83. The molecule has 3 heterocycles. The van der Waals surface area contributed by atoms with Crippen molar-refractivity contribution >= 4 is 11.7 Å². The highest BCUT2D eigenvalue weighted by Gasteiger charge is 2.36. The molecule has 2 aromatic heterocycles. The number of aromatic nitrogens is 2. The minimum Gasteiger partial charge on any atom is -0.490 e. The molecule has 2 fully saturated rings. The Morgan fingerprint density at radius 1 is 1.12 bits per heavy atom. The van der Waals surface area contributed by atoms with E-state index in [0.29, 0.717) is 36.3 Å². The van der Waals surface area contributed by atoms with Gasteiger partial charge in [-0.1, -0.05) is 33.1 Å². The number of hydrogen-bond donors (Lipinski definition) is 1. The second-order valence-electron chi connectivity index (χ2n) is 12.6. The number of rotatable bonds is 11. The lowest BCUT2D eigenvalue weighted by Gasteiger charge is -2.42. The lowest BCUT2D eigenvalue weighted by molar-refractivity contribution is -0.160.